The highest BCUT2D eigenvalue weighted by Gasteiger charge is 1.70. The molecule has 0 aliphatic carbocycles. The summed E-state index contributed by atoms with van der Waals surface area (Å²) in [6.45, 7) is 2.04. The second-order valence-electron chi connectivity index (χ2n) is 1.21. The number of hydrogen-bond donors (Lipinski definition) is 1. The monoisotopic (exact) mass is 115 g/mol. The van der Waals surface area contributed by atoms with Gasteiger partial charge in [-0.25, -0.2) is 0 Å². The van der Waals surface area contributed by atoms with E-state index in [2.05, 4.69) is 12.2 Å². The minimum absolute atomic E-state index is 0.460. The Morgan fingerprint density at radius 2 is 2.43 bits per heavy atom. The van der Waals surface area contributed by atoms with E-state index < -0.39 is 0 Å². The summed E-state index contributed by atoms with van der Waals surface area (Å²) >= 11 is 4.55. The third-order valence-electron chi connectivity index (χ3n) is 0.518. The van der Waals surface area contributed by atoms with Gasteiger partial charge in [-0.05, 0) is 12.5 Å². The molecule has 0 aromatic rings. The highest BCUT2D eigenvalue weighted by atomic mass is 32.1. The average molecular weight is 115 g/mol. The van der Waals surface area contributed by atoms with E-state index in [1.54, 1.807) is 6.08 Å². The normalized spacial score (nSPS) is 9.86. The van der Waals surface area contributed by atoms with Crippen LogP contribution in [0.3, 0.4) is 0 Å². The summed E-state index contributed by atoms with van der Waals surface area (Å²) in [7, 11) is 0. The molecule has 0 atom stereocenters. The van der Waals surface area contributed by atoms with Crippen molar-refractivity contribution in [3.63, 3.8) is 0 Å². The Morgan fingerprint density at radius 1 is 1.86 bits per heavy atom. The van der Waals surface area contributed by atoms with Gasteiger partial charge in [0.1, 0.15) is 0 Å². The van der Waals surface area contributed by atoms with Gasteiger partial charge in [0.2, 0.25) is 0 Å². The van der Waals surface area contributed by atoms with E-state index in [0.29, 0.717) is 4.99 Å². The molecule has 1 nitrogen and oxygen atoms in total. The van der Waals surface area contributed by atoms with E-state index in [1.807, 2.05) is 13.0 Å². The Kier molecular flexibility index (Phi) is 3.61. The first-order valence-electron chi connectivity index (χ1n) is 2.23. The Labute approximate surface area is 49.2 Å². The number of thiocarbonyl (C=S) groups is 1. The molecule has 40 valence electrons. The zero-order chi connectivity index (χ0) is 5.70. The zero-order valence-electron chi connectivity index (χ0n) is 4.35. The molecule has 0 saturated heterocycles. The minimum Gasteiger partial charge on any atom is -0.390 e. The van der Waals surface area contributed by atoms with Crippen LogP contribution in [0, 0.1) is 0 Å². The molecule has 7 heavy (non-hydrogen) atoms. The van der Waals surface area contributed by atoms with Crippen LogP contribution in [0.15, 0.2) is 12.2 Å². The maximum atomic E-state index is 5.12. The number of rotatable bonds is 2. The summed E-state index contributed by atoms with van der Waals surface area (Å²) in [5, 5.41) is 0. The summed E-state index contributed by atoms with van der Waals surface area (Å²) in [5.74, 6) is 0. The molecule has 0 fully saturated rings. The molecule has 2 N–H and O–H groups in total. The Morgan fingerprint density at radius 3 is 2.57 bits per heavy atom. The third-order valence-corrected chi connectivity index (χ3v) is 0.654. The summed E-state index contributed by atoms with van der Waals surface area (Å²) in [6, 6.07) is 0. The van der Waals surface area contributed by atoms with Crippen molar-refractivity contribution >= 4 is 17.2 Å². The van der Waals surface area contributed by atoms with Gasteiger partial charge in [-0.15, -0.1) is 0 Å². The molecular formula is C5H9NS. The second-order valence-corrected chi connectivity index (χ2v) is 1.68. The molecule has 0 bridgehead atoms. The summed E-state index contributed by atoms with van der Waals surface area (Å²) in [4.78, 5) is 0.460. The Hall–Kier alpha value is -0.370. The van der Waals surface area contributed by atoms with E-state index in [0.717, 1.165) is 6.42 Å². The largest absolute Gasteiger partial charge is 0.390 e. The van der Waals surface area contributed by atoms with Crippen LogP contribution in [0.2, 0.25) is 0 Å². The van der Waals surface area contributed by atoms with Crippen molar-refractivity contribution in [1.82, 2.24) is 0 Å². The van der Waals surface area contributed by atoms with Crippen molar-refractivity contribution in [3.8, 4) is 0 Å². The lowest BCUT2D eigenvalue weighted by molar-refractivity contribution is 1.23. The lowest BCUT2D eigenvalue weighted by atomic mass is 10.4. The van der Waals surface area contributed by atoms with Crippen LogP contribution < -0.4 is 5.73 Å². The highest BCUT2D eigenvalue weighted by Crippen LogP contribution is 1.77. The summed E-state index contributed by atoms with van der Waals surface area (Å²) < 4.78 is 0. The molecule has 0 radical (unpaired) electrons. The fourth-order valence-corrected chi connectivity index (χ4v) is 0.330. The molecule has 0 aliphatic rings. The van der Waals surface area contributed by atoms with Crippen LogP contribution in [0.1, 0.15) is 13.3 Å². The van der Waals surface area contributed by atoms with Gasteiger partial charge >= 0.3 is 0 Å². The molecule has 0 rings (SSSR count). The predicted molar refractivity (Wildman–Crippen MR) is 36.2 cm³/mol. The average Bonchev–Trinajstić information content (AvgIpc) is 1.61. The Bertz CT molecular complexity index is 86.1. The first-order valence-corrected chi connectivity index (χ1v) is 2.64. The SMILES string of the molecule is CC/C=C/C(N)=S. The second kappa shape index (κ2) is 3.81. The number of nitrogens with two attached hydrogens (primary N) is 1. The smallest absolute Gasteiger partial charge is 0.0958 e. The van der Waals surface area contributed by atoms with Crippen molar-refractivity contribution in [1.29, 1.82) is 0 Å². The van der Waals surface area contributed by atoms with Crippen LogP contribution >= 0.6 is 12.2 Å². The number of hydrogen-bond acceptors (Lipinski definition) is 1. The van der Waals surface area contributed by atoms with Gasteiger partial charge in [0, 0.05) is 0 Å². The van der Waals surface area contributed by atoms with Gasteiger partial charge in [0.25, 0.3) is 0 Å². The topological polar surface area (TPSA) is 26.0 Å². The molecule has 0 saturated carbocycles. The van der Waals surface area contributed by atoms with Crippen molar-refractivity contribution < 1.29 is 0 Å². The first kappa shape index (κ1) is 6.63. The van der Waals surface area contributed by atoms with E-state index in [9.17, 15) is 0 Å². The van der Waals surface area contributed by atoms with Gasteiger partial charge in [-0.2, -0.15) is 0 Å². The van der Waals surface area contributed by atoms with Crippen molar-refractivity contribution in [2.24, 2.45) is 5.73 Å². The van der Waals surface area contributed by atoms with E-state index in [-0.39, 0.29) is 0 Å². The molecular weight excluding hydrogens is 106 g/mol. The molecule has 0 unspecified atom stereocenters. The van der Waals surface area contributed by atoms with E-state index in [1.165, 1.54) is 0 Å². The quantitative estimate of drug-likeness (QED) is 0.433. The fraction of sp³-hybridized carbons (Fsp3) is 0.400. The molecule has 0 aromatic heterocycles. The lowest BCUT2D eigenvalue weighted by Crippen LogP contribution is -2.01. The maximum Gasteiger partial charge on any atom is 0.0958 e. The standard InChI is InChI=1S/C5H9NS/c1-2-3-4-5(6)7/h3-4H,2H2,1H3,(H2,6,7)/b4-3+. The number of allylic oxidation sites excluding steroid dienone is 1. The first-order chi connectivity index (χ1) is 3.27. The van der Waals surface area contributed by atoms with Gasteiger partial charge in [0.15, 0.2) is 0 Å². The van der Waals surface area contributed by atoms with Crippen LogP contribution in [-0.2, 0) is 0 Å². The van der Waals surface area contributed by atoms with Crippen LogP contribution in [0.5, 0.6) is 0 Å². The van der Waals surface area contributed by atoms with Crippen LogP contribution in [0.25, 0.3) is 0 Å². The van der Waals surface area contributed by atoms with Crippen LogP contribution in [0.4, 0.5) is 0 Å². The Balaban J connectivity index is 3.26. The fourth-order valence-electron chi connectivity index (χ4n) is 0.234. The highest BCUT2D eigenvalue weighted by molar-refractivity contribution is 7.80. The zero-order valence-corrected chi connectivity index (χ0v) is 5.16. The summed E-state index contributed by atoms with van der Waals surface area (Å²) in [6.07, 6.45) is 4.66. The predicted octanol–water partition coefficient (Wildman–Crippen LogP) is 1.24. The van der Waals surface area contributed by atoms with Gasteiger partial charge in [-0.1, -0.05) is 25.2 Å². The third kappa shape index (κ3) is 5.63. The molecule has 0 aromatic carbocycles. The molecule has 0 aliphatic heterocycles. The minimum atomic E-state index is 0.460. The van der Waals surface area contributed by atoms with Gasteiger partial charge in [0.05, 0.1) is 4.99 Å². The van der Waals surface area contributed by atoms with Gasteiger partial charge in [-0.3, -0.25) is 0 Å². The van der Waals surface area contributed by atoms with Crippen molar-refractivity contribution in [2.75, 3.05) is 0 Å². The van der Waals surface area contributed by atoms with Crippen LogP contribution in [-0.4, -0.2) is 4.99 Å². The van der Waals surface area contributed by atoms with Crippen molar-refractivity contribution in [2.45, 2.75) is 13.3 Å². The molecule has 0 heterocycles. The summed E-state index contributed by atoms with van der Waals surface area (Å²) in [5.41, 5.74) is 5.12. The van der Waals surface area contributed by atoms with E-state index >= 15 is 0 Å². The van der Waals surface area contributed by atoms with E-state index in [4.69, 9.17) is 5.73 Å². The van der Waals surface area contributed by atoms with Crippen molar-refractivity contribution in [3.05, 3.63) is 12.2 Å². The molecule has 0 spiro atoms. The van der Waals surface area contributed by atoms with Gasteiger partial charge < -0.3 is 5.73 Å². The maximum absolute atomic E-state index is 5.12. The lowest BCUT2D eigenvalue weighted by Gasteiger charge is -1.78. The molecule has 0 amide bonds. The molecule has 2 heteroatoms.